The molecule has 15 heavy (non-hydrogen) atoms. The lowest BCUT2D eigenvalue weighted by Gasteiger charge is -2.29. The molecule has 0 aromatic rings. The summed E-state index contributed by atoms with van der Waals surface area (Å²) in [5.74, 6) is 0.583. The Morgan fingerprint density at radius 2 is 2.07 bits per heavy atom. The molecule has 0 heterocycles. The molecule has 0 aliphatic heterocycles. The van der Waals surface area contributed by atoms with Gasteiger partial charge in [-0.25, -0.2) is 4.79 Å². The molecule has 0 spiro atoms. The highest BCUT2D eigenvalue weighted by molar-refractivity contribution is 5.68. The summed E-state index contributed by atoms with van der Waals surface area (Å²) in [5.41, 5.74) is -0.430. The van der Waals surface area contributed by atoms with Crippen LogP contribution in [0.3, 0.4) is 0 Å². The fraction of sp³-hybridized carbons (Fsp3) is 0.750. The molecule has 1 fully saturated rings. The third-order valence-corrected chi connectivity index (χ3v) is 2.48. The lowest BCUT2D eigenvalue weighted by atomic mass is 10.1. The van der Waals surface area contributed by atoms with Crippen LogP contribution < -0.4 is 0 Å². The van der Waals surface area contributed by atoms with E-state index in [-0.39, 0.29) is 12.1 Å². The Kier molecular flexibility index (Phi) is 3.42. The summed E-state index contributed by atoms with van der Waals surface area (Å²) in [5, 5.41) is 0. The molecule has 1 aliphatic rings. The van der Waals surface area contributed by atoms with Crippen molar-refractivity contribution in [3.8, 4) is 0 Å². The highest BCUT2D eigenvalue weighted by Crippen LogP contribution is 2.35. The Hall–Kier alpha value is -0.990. The van der Waals surface area contributed by atoms with E-state index in [2.05, 4.69) is 6.58 Å². The van der Waals surface area contributed by atoms with Gasteiger partial charge in [0.25, 0.3) is 0 Å². The molecule has 1 amide bonds. The van der Waals surface area contributed by atoms with Crippen LogP contribution in [0, 0.1) is 5.92 Å². The summed E-state index contributed by atoms with van der Waals surface area (Å²) in [4.78, 5) is 13.4. The molecule has 1 aliphatic carbocycles. The highest BCUT2D eigenvalue weighted by atomic mass is 16.6. The third-order valence-electron chi connectivity index (χ3n) is 2.48. The Bertz CT molecular complexity index is 251. The van der Waals surface area contributed by atoms with E-state index in [0.717, 1.165) is 0 Å². The van der Waals surface area contributed by atoms with E-state index in [1.165, 1.54) is 12.8 Å². The molecule has 0 radical (unpaired) electrons. The molecule has 0 N–H and O–H groups in total. The van der Waals surface area contributed by atoms with E-state index < -0.39 is 5.60 Å². The Morgan fingerprint density at radius 3 is 2.40 bits per heavy atom. The van der Waals surface area contributed by atoms with Gasteiger partial charge in [0.2, 0.25) is 0 Å². The van der Waals surface area contributed by atoms with E-state index >= 15 is 0 Å². The Morgan fingerprint density at radius 1 is 1.53 bits per heavy atom. The zero-order chi connectivity index (χ0) is 11.6. The topological polar surface area (TPSA) is 29.5 Å². The van der Waals surface area contributed by atoms with Gasteiger partial charge in [0.05, 0.1) is 6.04 Å². The normalized spacial score (nSPS) is 18.1. The number of amides is 1. The molecule has 0 aromatic heterocycles. The first kappa shape index (κ1) is 12.1. The minimum absolute atomic E-state index is 0.125. The smallest absolute Gasteiger partial charge is 0.410 e. The number of hydrogen-bond donors (Lipinski definition) is 0. The average molecular weight is 211 g/mol. The van der Waals surface area contributed by atoms with Gasteiger partial charge in [-0.2, -0.15) is 0 Å². The van der Waals surface area contributed by atoms with Crippen molar-refractivity contribution < 1.29 is 9.53 Å². The van der Waals surface area contributed by atoms with Crippen molar-refractivity contribution in [3.05, 3.63) is 12.7 Å². The second-order valence-corrected chi connectivity index (χ2v) is 5.15. The maximum absolute atomic E-state index is 11.7. The van der Waals surface area contributed by atoms with E-state index in [4.69, 9.17) is 4.74 Å². The average Bonchev–Trinajstić information content (AvgIpc) is 2.86. The fourth-order valence-electron chi connectivity index (χ4n) is 1.56. The summed E-state index contributed by atoms with van der Waals surface area (Å²) in [6, 6.07) is 0.125. The summed E-state index contributed by atoms with van der Waals surface area (Å²) in [6.07, 6.45) is 3.94. The molecular formula is C12H21NO2. The first-order chi connectivity index (χ1) is 6.85. The summed E-state index contributed by atoms with van der Waals surface area (Å²) in [7, 11) is 1.78. The van der Waals surface area contributed by atoms with Crippen molar-refractivity contribution >= 4 is 6.09 Å². The molecule has 3 heteroatoms. The Balaban J connectivity index is 2.54. The largest absolute Gasteiger partial charge is 0.444 e. The first-order valence-corrected chi connectivity index (χ1v) is 5.43. The molecule has 1 unspecified atom stereocenters. The van der Waals surface area contributed by atoms with Gasteiger partial charge in [0, 0.05) is 7.05 Å². The second kappa shape index (κ2) is 4.25. The third kappa shape index (κ3) is 3.57. The summed E-state index contributed by atoms with van der Waals surface area (Å²) < 4.78 is 5.30. The molecule has 1 rings (SSSR count). The van der Waals surface area contributed by atoms with Crippen LogP contribution in [0.25, 0.3) is 0 Å². The number of carbonyl (C=O) groups excluding carboxylic acids is 1. The lowest BCUT2D eigenvalue weighted by molar-refractivity contribution is 0.0241. The second-order valence-electron chi connectivity index (χ2n) is 5.15. The van der Waals surface area contributed by atoms with Gasteiger partial charge in [0.1, 0.15) is 5.60 Å². The molecular weight excluding hydrogens is 190 g/mol. The van der Waals surface area contributed by atoms with Crippen LogP contribution in [0.1, 0.15) is 33.6 Å². The predicted octanol–water partition coefficient (Wildman–Crippen LogP) is 2.82. The lowest BCUT2D eigenvalue weighted by Crippen LogP contribution is -2.40. The van der Waals surface area contributed by atoms with Crippen LogP contribution in [0.5, 0.6) is 0 Å². The number of rotatable bonds is 3. The molecule has 0 saturated heterocycles. The van der Waals surface area contributed by atoms with Crippen molar-refractivity contribution in [3.63, 3.8) is 0 Å². The van der Waals surface area contributed by atoms with Crippen molar-refractivity contribution in [2.75, 3.05) is 7.05 Å². The zero-order valence-corrected chi connectivity index (χ0v) is 10.1. The number of likely N-dealkylation sites (N-methyl/N-ethyl adjacent to an activating group) is 1. The predicted molar refractivity (Wildman–Crippen MR) is 60.7 cm³/mol. The summed E-state index contributed by atoms with van der Waals surface area (Å²) in [6.45, 7) is 9.39. The monoisotopic (exact) mass is 211 g/mol. The van der Waals surface area contributed by atoms with Gasteiger partial charge >= 0.3 is 6.09 Å². The van der Waals surface area contributed by atoms with E-state index in [1.807, 2.05) is 26.8 Å². The van der Waals surface area contributed by atoms with Gasteiger partial charge in [-0.15, -0.1) is 6.58 Å². The van der Waals surface area contributed by atoms with Crippen LogP contribution in [0.15, 0.2) is 12.7 Å². The SMILES string of the molecule is C=CC(C1CC1)N(C)C(=O)OC(C)(C)C. The van der Waals surface area contributed by atoms with Gasteiger partial charge in [0.15, 0.2) is 0 Å². The van der Waals surface area contributed by atoms with Crippen molar-refractivity contribution in [1.29, 1.82) is 0 Å². The van der Waals surface area contributed by atoms with Crippen LogP contribution in [0.2, 0.25) is 0 Å². The fourth-order valence-corrected chi connectivity index (χ4v) is 1.56. The quantitative estimate of drug-likeness (QED) is 0.672. The minimum Gasteiger partial charge on any atom is -0.444 e. The first-order valence-electron chi connectivity index (χ1n) is 5.43. The number of nitrogens with zero attached hydrogens (tertiary/aromatic N) is 1. The van der Waals surface area contributed by atoms with Crippen LogP contribution in [0.4, 0.5) is 4.79 Å². The van der Waals surface area contributed by atoms with Gasteiger partial charge in [-0.05, 0) is 39.5 Å². The van der Waals surface area contributed by atoms with Gasteiger partial charge in [-0.1, -0.05) is 6.08 Å². The molecule has 3 nitrogen and oxygen atoms in total. The highest BCUT2D eigenvalue weighted by Gasteiger charge is 2.35. The van der Waals surface area contributed by atoms with Crippen molar-refractivity contribution in [2.24, 2.45) is 5.92 Å². The van der Waals surface area contributed by atoms with Crippen molar-refractivity contribution in [1.82, 2.24) is 4.90 Å². The van der Waals surface area contributed by atoms with Gasteiger partial charge < -0.3 is 9.64 Å². The van der Waals surface area contributed by atoms with E-state index in [0.29, 0.717) is 5.92 Å². The maximum Gasteiger partial charge on any atom is 0.410 e. The standard InChI is InChI=1S/C12H21NO2/c1-6-10(9-7-8-9)13(5)11(14)15-12(2,3)4/h6,9-10H,1,7-8H2,2-5H3. The molecule has 1 saturated carbocycles. The van der Waals surface area contributed by atoms with E-state index in [9.17, 15) is 4.79 Å². The molecule has 0 bridgehead atoms. The Labute approximate surface area is 92.1 Å². The van der Waals surface area contributed by atoms with Crippen LogP contribution >= 0.6 is 0 Å². The van der Waals surface area contributed by atoms with Gasteiger partial charge in [-0.3, -0.25) is 0 Å². The minimum atomic E-state index is -0.430. The van der Waals surface area contributed by atoms with Crippen molar-refractivity contribution in [2.45, 2.75) is 45.3 Å². The number of ether oxygens (including phenoxy) is 1. The summed E-state index contributed by atoms with van der Waals surface area (Å²) >= 11 is 0. The molecule has 1 atom stereocenters. The maximum atomic E-state index is 11.7. The number of hydrogen-bond acceptors (Lipinski definition) is 2. The van der Waals surface area contributed by atoms with Crippen LogP contribution in [-0.4, -0.2) is 29.7 Å². The van der Waals surface area contributed by atoms with E-state index in [1.54, 1.807) is 11.9 Å². The van der Waals surface area contributed by atoms with Crippen LogP contribution in [-0.2, 0) is 4.74 Å². The molecule has 86 valence electrons. The zero-order valence-electron chi connectivity index (χ0n) is 10.1. The number of carbonyl (C=O) groups is 1. The molecule has 0 aromatic carbocycles.